The lowest BCUT2D eigenvalue weighted by molar-refractivity contribution is -0.0752. The van der Waals surface area contributed by atoms with Crippen LogP contribution in [0.4, 0.5) is 0 Å². The zero-order valence-corrected chi connectivity index (χ0v) is 14.0. The van der Waals surface area contributed by atoms with Gasteiger partial charge in [-0.2, -0.15) is 0 Å². The Morgan fingerprint density at radius 1 is 1.38 bits per heavy atom. The van der Waals surface area contributed by atoms with E-state index in [1.165, 1.54) is 6.42 Å². The number of amides is 1. The highest BCUT2D eigenvalue weighted by Gasteiger charge is 2.37. The van der Waals surface area contributed by atoms with Crippen molar-refractivity contribution in [3.63, 3.8) is 0 Å². The smallest absolute Gasteiger partial charge is 0.257 e. The van der Waals surface area contributed by atoms with Crippen LogP contribution in [-0.2, 0) is 11.2 Å². The molecule has 1 saturated carbocycles. The number of hydrogen-bond donors (Lipinski definition) is 0. The Morgan fingerprint density at radius 3 is 3.12 bits per heavy atom. The molecule has 1 aliphatic carbocycles. The molecule has 0 aromatic carbocycles. The van der Waals surface area contributed by atoms with Gasteiger partial charge in [-0.05, 0) is 25.3 Å². The van der Waals surface area contributed by atoms with Crippen molar-refractivity contribution in [3.8, 4) is 0 Å². The van der Waals surface area contributed by atoms with Gasteiger partial charge < -0.3 is 14.2 Å². The molecule has 24 heavy (non-hydrogen) atoms. The third kappa shape index (κ3) is 2.69. The number of pyridine rings is 1. The van der Waals surface area contributed by atoms with Crippen LogP contribution in [0.25, 0.3) is 11.1 Å². The lowest BCUT2D eigenvalue weighted by Gasteiger charge is -2.43. The summed E-state index contributed by atoms with van der Waals surface area (Å²) in [5.41, 5.74) is 2.01. The van der Waals surface area contributed by atoms with Crippen LogP contribution in [0.3, 0.4) is 0 Å². The lowest BCUT2D eigenvalue weighted by atomic mass is 9.90. The van der Waals surface area contributed by atoms with Gasteiger partial charge in [0.25, 0.3) is 11.6 Å². The van der Waals surface area contributed by atoms with Crippen LogP contribution < -0.4 is 0 Å². The van der Waals surface area contributed by atoms with Crippen LogP contribution in [0.2, 0.25) is 0 Å². The Labute approximate surface area is 141 Å². The Balaban J connectivity index is 1.63. The minimum absolute atomic E-state index is 0.0493. The van der Waals surface area contributed by atoms with Crippen molar-refractivity contribution in [2.45, 2.75) is 57.6 Å². The molecule has 2 fully saturated rings. The molecule has 2 aliphatic rings. The van der Waals surface area contributed by atoms with Crippen molar-refractivity contribution in [2.24, 2.45) is 0 Å². The molecule has 2 atom stereocenters. The van der Waals surface area contributed by atoms with E-state index in [4.69, 9.17) is 9.26 Å². The SMILES string of the molecule is CCCc1noc2ncc(C(=O)N3CCO[C@H]4CCCC[C@@H]43)cc12. The van der Waals surface area contributed by atoms with Crippen LogP contribution in [0.1, 0.15) is 55.1 Å². The standard InChI is InChI=1S/C18H23N3O3/c1-2-5-14-13-10-12(11-19-17(13)24-20-14)18(22)21-8-9-23-16-7-4-3-6-15(16)21/h10-11,15-16H,2-9H2,1H3/t15-,16-/m0/s1. The molecule has 0 unspecified atom stereocenters. The molecular weight excluding hydrogens is 306 g/mol. The van der Waals surface area contributed by atoms with Crippen molar-refractivity contribution in [1.29, 1.82) is 0 Å². The predicted octanol–water partition coefficient (Wildman–Crippen LogP) is 2.96. The van der Waals surface area contributed by atoms with Gasteiger partial charge in [0.1, 0.15) is 0 Å². The Bertz CT molecular complexity index is 740. The fourth-order valence-corrected chi connectivity index (χ4v) is 3.93. The van der Waals surface area contributed by atoms with Gasteiger partial charge in [-0.25, -0.2) is 4.98 Å². The van der Waals surface area contributed by atoms with E-state index in [2.05, 4.69) is 17.1 Å². The minimum Gasteiger partial charge on any atom is -0.374 e. The molecule has 4 rings (SSSR count). The average molecular weight is 329 g/mol. The van der Waals surface area contributed by atoms with E-state index < -0.39 is 0 Å². The summed E-state index contributed by atoms with van der Waals surface area (Å²) < 4.78 is 11.1. The predicted molar refractivity (Wildman–Crippen MR) is 88.8 cm³/mol. The third-order valence-corrected chi connectivity index (χ3v) is 5.13. The number of carbonyl (C=O) groups excluding carboxylic acids is 1. The number of carbonyl (C=O) groups is 1. The maximum absolute atomic E-state index is 13.1. The van der Waals surface area contributed by atoms with Crippen molar-refractivity contribution in [3.05, 3.63) is 23.5 Å². The van der Waals surface area contributed by atoms with Crippen molar-refractivity contribution in [1.82, 2.24) is 15.0 Å². The summed E-state index contributed by atoms with van der Waals surface area (Å²) in [6.45, 7) is 3.38. The molecule has 0 radical (unpaired) electrons. The van der Waals surface area contributed by atoms with Gasteiger partial charge >= 0.3 is 0 Å². The van der Waals surface area contributed by atoms with E-state index in [9.17, 15) is 4.79 Å². The third-order valence-electron chi connectivity index (χ3n) is 5.13. The fourth-order valence-electron chi connectivity index (χ4n) is 3.93. The van der Waals surface area contributed by atoms with E-state index in [0.717, 1.165) is 43.2 Å². The molecular formula is C18H23N3O3. The molecule has 6 nitrogen and oxygen atoms in total. The van der Waals surface area contributed by atoms with Gasteiger partial charge in [0.15, 0.2) is 0 Å². The van der Waals surface area contributed by atoms with Crippen molar-refractivity contribution < 1.29 is 14.1 Å². The molecule has 2 aromatic heterocycles. The second-order valence-electron chi connectivity index (χ2n) is 6.72. The molecule has 3 heterocycles. The second-order valence-corrected chi connectivity index (χ2v) is 6.72. The maximum Gasteiger partial charge on any atom is 0.257 e. The number of rotatable bonds is 3. The quantitative estimate of drug-likeness (QED) is 0.866. The van der Waals surface area contributed by atoms with E-state index in [1.807, 2.05) is 11.0 Å². The summed E-state index contributed by atoms with van der Waals surface area (Å²) in [4.78, 5) is 19.4. The number of nitrogens with zero attached hydrogens (tertiary/aromatic N) is 3. The molecule has 6 heteroatoms. The van der Waals surface area contributed by atoms with Crippen molar-refractivity contribution in [2.75, 3.05) is 13.2 Å². The zero-order valence-electron chi connectivity index (χ0n) is 14.0. The molecule has 1 saturated heterocycles. The summed E-state index contributed by atoms with van der Waals surface area (Å²) in [7, 11) is 0. The fraction of sp³-hybridized carbons (Fsp3) is 0.611. The minimum atomic E-state index is 0.0493. The molecule has 0 N–H and O–H groups in total. The summed E-state index contributed by atoms with van der Waals surface area (Å²) in [6, 6.07) is 2.09. The van der Waals surface area contributed by atoms with Gasteiger partial charge in [0.2, 0.25) is 0 Å². The highest BCUT2D eigenvalue weighted by molar-refractivity contribution is 5.97. The Morgan fingerprint density at radius 2 is 2.25 bits per heavy atom. The Hall–Kier alpha value is -1.95. The first-order chi connectivity index (χ1) is 11.8. The first kappa shape index (κ1) is 15.6. The zero-order chi connectivity index (χ0) is 16.5. The molecule has 0 bridgehead atoms. The molecule has 128 valence electrons. The van der Waals surface area contributed by atoms with Crippen LogP contribution in [-0.4, -0.2) is 46.2 Å². The number of morpholine rings is 1. The highest BCUT2D eigenvalue weighted by atomic mass is 16.5. The summed E-state index contributed by atoms with van der Waals surface area (Å²) >= 11 is 0. The van der Waals surface area contributed by atoms with E-state index in [0.29, 0.717) is 24.4 Å². The van der Waals surface area contributed by atoms with Crippen LogP contribution in [0.15, 0.2) is 16.8 Å². The molecule has 1 aliphatic heterocycles. The van der Waals surface area contributed by atoms with Gasteiger partial charge in [-0.1, -0.05) is 31.3 Å². The van der Waals surface area contributed by atoms with Crippen molar-refractivity contribution >= 4 is 17.0 Å². The second kappa shape index (κ2) is 6.51. The number of aryl methyl sites for hydroxylation is 1. The summed E-state index contributed by atoms with van der Waals surface area (Å²) in [5.74, 6) is 0.0493. The van der Waals surface area contributed by atoms with Gasteiger partial charge in [0.05, 0.1) is 35.4 Å². The number of fused-ring (bicyclic) bond motifs is 2. The van der Waals surface area contributed by atoms with Gasteiger partial charge in [-0.3, -0.25) is 4.79 Å². The van der Waals surface area contributed by atoms with E-state index in [-0.39, 0.29) is 18.1 Å². The average Bonchev–Trinajstić information content (AvgIpc) is 3.03. The highest BCUT2D eigenvalue weighted by Crippen LogP contribution is 2.30. The molecule has 1 amide bonds. The largest absolute Gasteiger partial charge is 0.374 e. The lowest BCUT2D eigenvalue weighted by Crippen LogP contribution is -2.54. The number of ether oxygens (including phenoxy) is 1. The summed E-state index contributed by atoms with van der Waals surface area (Å²) in [5, 5.41) is 4.94. The topological polar surface area (TPSA) is 68.5 Å². The van der Waals surface area contributed by atoms with Crippen LogP contribution in [0, 0.1) is 0 Å². The van der Waals surface area contributed by atoms with E-state index in [1.54, 1.807) is 6.20 Å². The van der Waals surface area contributed by atoms with Crippen LogP contribution >= 0.6 is 0 Å². The number of hydrogen-bond acceptors (Lipinski definition) is 5. The Kier molecular flexibility index (Phi) is 4.22. The van der Waals surface area contributed by atoms with E-state index >= 15 is 0 Å². The maximum atomic E-state index is 13.1. The summed E-state index contributed by atoms with van der Waals surface area (Å²) in [6.07, 6.45) is 8.05. The van der Waals surface area contributed by atoms with Crippen LogP contribution in [0.5, 0.6) is 0 Å². The van der Waals surface area contributed by atoms with Gasteiger partial charge in [-0.15, -0.1) is 0 Å². The first-order valence-corrected chi connectivity index (χ1v) is 8.95. The molecule has 2 aromatic rings. The van der Waals surface area contributed by atoms with Gasteiger partial charge in [0, 0.05) is 12.7 Å². The number of aromatic nitrogens is 2. The normalized spacial score (nSPS) is 24.1. The molecule has 0 spiro atoms. The monoisotopic (exact) mass is 329 g/mol. The first-order valence-electron chi connectivity index (χ1n) is 8.95.